The van der Waals surface area contributed by atoms with Gasteiger partial charge in [0.05, 0.1) is 13.7 Å². The summed E-state index contributed by atoms with van der Waals surface area (Å²) >= 11 is 3.47. The molecule has 1 N–H and O–H groups in total. The van der Waals surface area contributed by atoms with E-state index in [0.29, 0.717) is 11.3 Å². The molecule has 0 bridgehead atoms. The number of carbonyl (C=O) groups is 2. The predicted molar refractivity (Wildman–Crippen MR) is 108 cm³/mol. The third kappa shape index (κ3) is 3.86. The standard InChI is InChI=1S/C21H23BrN2O3/c1-4-13(2)23-20(25)19-16-7-5-6-8-17(16)21(26)24(19)12-14-11-15(22)9-10-18(14)27-3/h5-11,13,19H,4,12H2,1-3H3,(H,23,25). The van der Waals surface area contributed by atoms with Crippen molar-refractivity contribution in [3.05, 3.63) is 63.6 Å². The number of methoxy groups -OCH3 is 1. The van der Waals surface area contributed by atoms with Crippen molar-refractivity contribution in [1.82, 2.24) is 10.2 Å². The van der Waals surface area contributed by atoms with Crippen LogP contribution in [0.25, 0.3) is 0 Å². The first kappa shape index (κ1) is 19.4. The van der Waals surface area contributed by atoms with Gasteiger partial charge in [-0.15, -0.1) is 0 Å². The zero-order valence-electron chi connectivity index (χ0n) is 15.7. The number of nitrogens with zero attached hydrogens (tertiary/aromatic N) is 1. The zero-order chi connectivity index (χ0) is 19.6. The van der Waals surface area contributed by atoms with Crippen LogP contribution in [-0.4, -0.2) is 29.9 Å². The lowest BCUT2D eigenvalue weighted by Crippen LogP contribution is -2.42. The summed E-state index contributed by atoms with van der Waals surface area (Å²) in [6.07, 6.45) is 0.827. The van der Waals surface area contributed by atoms with E-state index in [1.807, 2.05) is 50.2 Å². The molecule has 1 heterocycles. The first-order chi connectivity index (χ1) is 13.0. The van der Waals surface area contributed by atoms with Gasteiger partial charge in [-0.25, -0.2) is 0 Å². The van der Waals surface area contributed by atoms with Crippen LogP contribution in [0.4, 0.5) is 0 Å². The fourth-order valence-corrected chi connectivity index (χ4v) is 3.70. The normalized spacial score (nSPS) is 16.8. The van der Waals surface area contributed by atoms with Crippen LogP contribution in [0.15, 0.2) is 46.9 Å². The Morgan fingerprint density at radius 3 is 2.74 bits per heavy atom. The Morgan fingerprint density at radius 2 is 2.04 bits per heavy atom. The quantitative estimate of drug-likeness (QED) is 0.750. The van der Waals surface area contributed by atoms with E-state index in [-0.39, 0.29) is 24.4 Å². The molecule has 2 aromatic rings. The Kier molecular flexibility index (Phi) is 5.85. The fraction of sp³-hybridized carbons (Fsp3) is 0.333. The van der Waals surface area contributed by atoms with Crippen LogP contribution >= 0.6 is 15.9 Å². The van der Waals surface area contributed by atoms with E-state index >= 15 is 0 Å². The second kappa shape index (κ2) is 8.13. The van der Waals surface area contributed by atoms with Crippen LogP contribution in [0, 0.1) is 0 Å². The maximum absolute atomic E-state index is 13.0. The molecule has 0 fully saturated rings. The van der Waals surface area contributed by atoms with E-state index < -0.39 is 6.04 Å². The number of hydrogen-bond donors (Lipinski definition) is 1. The molecular formula is C21H23BrN2O3. The minimum absolute atomic E-state index is 0.0441. The molecule has 0 saturated carbocycles. The second-order valence-corrected chi connectivity index (χ2v) is 7.61. The van der Waals surface area contributed by atoms with E-state index in [4.69, 9.17) is 4.74 Å². The lowest BCUT2D eigenvalue weighted by molar-refractivity contribution is -0.126. The van der Waals surface area contributed by atoms with Crippen molar-refractivity contribution < 1.29 is 14.3 Å². The highest BCUT2D eigenvalue weighted by molar-refractivity contribution is 9.10. The van der Waals surface area contributed by atoms with Gasteiger partial charge < -0.3 is 15.0 Å². The van der Waals surface area contributed by atoms with Crippen molar-refractivity contribution in [3.63, 3.8) is 0 Å². The molecular weight excluding hydrogens is 408 g/mol. The Hall–Kier alpha value is -2.34. The molecule has 27 heavy (non-hydrogen) atoms. The molecule has 1 aliphatic heterocycles. The third-order valence-electron chi connectivity index (χ3n) is 4.89. The van der Waals surface area contributed by atoms with Crippen LogP contribution in [0.1, 0.15) is 47.8 Å². The van der Waals surface area contributed by atoms with Crippen molar-refractivity contribution in [3.8, 4) is 5.75 Å². The molecule has 2 amide bonds. The molecule has 0 aromatic heterocycles. The Bertz CT molecular complexity index is 868. The number of nitrogens with one attached hydrogen (secondary N) is 1. The molecule has 0 spiro atoms. The summed E-state index contributed by atoms with van der Waals surface area (Å²) in [5, 5.41) is 3.02. The lowest BCUT2D eigenvalue weighted by Gasteiger charge is -2.26. The first-order valence-corrected chi connectivity index (χ1v) is 9.78. The zero-order valence-corrected chi connectivity index (χ0v) is 17.2. The van der Waals surface area contributed by atoms with Gasteiger partial charge in [-0.05, 0) is 43.2 Å². The summed E-state index contributed by atoms with van der Waals surface area (Å²) in [5.41, 5.74) is 2.17. The lowest BCUT2D eigenvalue weighted by atomic mass is 10.0. The SMILES string of the molecule is CCC(C)NC(=O)C1c2ccccc2C(=O)N1Cc1cc(Br)ccc1OC. The van der Waals surface area contributed by atoms with Crippen LogP contribution in [0.2, 0.25) is 0 Å². The molecule has 0 saturated heterocycles. The molecule has 6 heteroatoms. The number of benzene rings is 2. The number of fused-ring (bicyclic) bond motifs is 1. The smallest absolute Gasteiger partial charge is 0.255 e. The maximum atomic E-state index is 13.0. The average molecular weight is 431 g/mol. The molecule has 142 valence electrons. The van der Waals surface area contributed by atoms with Crippen LogP contribution in [0.5, 0.6) is 5.75 Å². The second-order valence-electron chi connectivity index (χ2n) is 6.70. The van der Waals surface area contributed by atoms with Gasteiger partial charge in [-0.1, -0.05) is 41.1 Å². The molecule has 0 aliphatic carbocycles. The van der Waals surface area contributed by atoms with Crippen LogP contribution < -0.4 is 10.1 Å². The molecule has 3 rings (SSSR count). The number of rotatable bonds is 6. The molecule has 0 radical (unpaired) electrons. The highest BCUT2D eigenvalue weighted by atomic mass is 79.9. The fourth-order valence-electron chi connectivity index (χ4n) is 3.29. The van der Waals surface area contributed by atoms with Crippen molar-refractivity contribution in [2.24, 2.45) is 0 Å². The van der Waals surface area contributed by atoms with Gasteiger partial charge >= 0.3 is 0 Å². The third-order valence-corrected chi connectivity index (χ3v) is 5.38. The molecule has 2 atom stereocenters. The van der Waals surface area contributed by atoms with Gasteiger partial charge in [0, 0.05) is 21.6 Å². The minimum atomic E-state index is -0.647. The number of ether oxygens (including phenoxy) is 1. The number of carbonyl (C=O) groups excluding carboxylic acids is 2. The highest BCUT2D eigenvalue weighted by Crippen LogP contribution is 2.36. The van der Waals surface area contributed by atoms with E-state index in [1.165, 1.54) is 0 Å². The van der Waals surface area contributed by atoms with E-state index in [1.54, 1.807) is 18.1 Å². The van der Waals surface area contributed by atoms with E-state index in [0.717, 1.165) is 22.0 Å². The van der Waals surface area contributed by atoms with Gasteiger partial charge in [0.25, 0.3) is 5.91 Å². The number of hydrogen-bond acceptors (Lipinski definition) is 3. The maximum Gasteiger partial charge on any atom is 0.255 e. The van der Waals surface area contributed by atoms with Crippen molar-refractivity contribution in [2.75, 3.05) is 7.11 Å². The van der Waals surface area contributed by atoms with Gasteiger partial charge in [0.2, 0.25) is 5.91 Å². The first-order valence-electron chi connectivity index (χ1n) is 8.99. The monoisotopic (exact) mass is 430 g/mol. The summed E-state index contributed by atoms with van der Waals surface area (Å²) in [6, 6.07) is 12.4. The Morgan fingerprint density at radius 1 is 1.30 bits per heavy atom. The van der Waals surface area contributed by atoms with Gasteiger partial charge in [-0.3, -0.25) is 9.59 Å². The molecule has 2 unspecified atom stereocenters. The van der Waals surface area contributed by atoms with Crippen molar-refractivity contribution in [2.45, 2.75) is 38.9 Å². The highest BCUT2D eigenvalue weighted by Gasteiger charge is 2.41. The van der Waals surface area contributed by atoms with Crippen LogP contribution in [-0.2, 0) is 11.3 Å². The Labute approximate surface area is 167 Å². The van der Waals surface area contributed by atoms with Crippen molar-refractivity contribution in [1.29, 1.82) is 0 Å². The summed E-state index contributed by atoms with van der Waals surface area (Å²) in [5.74, 6) is 0.386. The largest absolute Gasteiger partial charge is 0.496 e. The minimum Gasteiger partial charge on any atom is -0.496 e. The molecule has 2 aromatic carbocycles. The van der Waals surface area contributed by atoms with E-state index in [2.05, 4.69) is 21.2 Å². The topological polar surface area (TPSA) is 58.6 Å². The van der Waals surface area contributed by atoms with Crippen LogP contribution in [0.3, 0.4) is 0 Å². The predicted octanol–water partition coefficient (Wildman–Crippen LogP) is 4.07. The molecule has 5 nitrogen and oxygen atoms in total. The average Bonchev–Trinajstić information content (AvgIpc) is 2.94. The van der Waals surface area contributed by atoms with Gasteiger partial charge in [-0.2, -0.15) is 0 Å². The van der Waals surface area contributed by atoms with Gasteiger partial charge in [0.15, 0.2) is 0 Å². The summed E-state index contributed by atoms with van der Waals surface area (Å²) in [4.78, 5) is 27.7. The summed E-state index contributed by atoms with van der Waals surface area (Å²) < 4.78 is 6.33. The molecule has 1 aliphatic rings. The van der Waals surface area contributed by atoms with Gasteiger partial charge in [0.1, 0.15) is 11.8 Å². The van der Waals surface area contributed by atoms with E-state index in [9.17, 15) is 9.59 Å². The Balaban J connectivity index is 1.98. The number of halogens is 1. The summed E-state index contributed by atoms with van der Waals surface area (Å²) in [7, 11) is 1.60. The van der Waals surface area contributed by atoms with Crippen molar-refractivity contribution >= 4 is 27.7 Å². The number of amides is 2. The summed E-state index contributed by atoms with van der Waals surface area (Å²) in [6.45, 7) is 4.26.